The topological polar surface area (TPSA) is 68.3 Å². The van der Waals surface area contributed by atoms with Crippen LogP contribution in [0.5, 0.6) is 0 Å². The second kappa shape index (κ2) is 7.63. The number of thiazole rings is 1. The molecule has 26 heavy (non-hydrogen) atoms. The first-order valence-electron chi connectivity index (χ1n) is 7.38. The number of nitrogens with zero attached hydrogens (tertiary/aromatic N) is 1. The smallest absolute Gasteiger partial charge is 0.337 e. The highest BCUT2D eigenvalue weighted by Crippen LogP contribution is 2.26. The number of anilines is 1. The number of nitrogens with one attached hydrogen (secondary N) is 1. The summed E-state index contributed by atoms with van der Waals surface area (Å²) in [5, 5.41) is 5.15. The van der Waals surface area contributed by atoms with Gasteiger partial charge in [0.05, 0.1) is 18.4 Å². The van der Waals surface area contributed by atoms with Crippen molar-refractivity contribution in [2.45, 2.75) is 0 Å². The summed E-state index contributed by atoms with van der Waals surface area (Å²) in [6.07, 6.45) is 0. The molecular weight excluding hydrogens is 379 g/mol. The second-order valence-corrected chi connectivity index (χ2v) is 6.48. The zero-order chi connectivity index (χ0) is 18.7. The molecule has 0 saturated carbocycles. The zero-order valence-corrected chi connectivity index (χ0v) is 15.0. The van der Waals surface area contributed by atoms with Gasteiger partial charge in [0.15, 0.2) is 0 Å². The molecule has 0 aliphatic heterocycles. The fraction of sp³-hybridized carbons (Fsp3) is 0.0556. The number of esters is 1. The molecule has 0 bridgehead atoms. The number of benzene rings is 2. The Labute approximate surface area is 157 Å². The van der Waals surface area contributed by atoms with E-state index in [0.29, 0.717) is 10.0 Å². The average molecular weight is 391 g/mol. The van der Waals surface area contributed by atoms with E-state index in [-0.39, 0.29) is 16.9 Å². The fourth-order valence-corrected chi connectivity index (χ4v) is 3.17. The van der Waals surface area contributed by atoms with Crippen molar-refractivity contribution in [3.63, 3.8) is 0 Å². The number of hydrogen-bond acceptors (Lipinski definition) is 5. The van der Waals surface area contributed by atoms with Gasteiger partial charge < -0.3 is 10.1 Å². The van der Waals surface area contributed by atoms with Crippen molar-refractivity contribution in [2.24, 2.45) is 0 Å². The van der Waals surface area contributed by atoms with Crippen LogP contribution < -0.4 is 5.32 Å². The number of methoxy groups -OCH3 is 1. The normalized spacial score (nSPS) is 10.4. The van der Waals surface area contributed by atoms with Crippen LogP contribution in [0, 0.1) is 5.82 Å². The lowest BCUT2D eigenvalue weighted by Crippen LogP contribution is -2.14. The van der Waals surface area contributed by atoms with Crippen LogP contribution in [-0.2, 0) is 4.74 Å². The van der Waals surface area contributed by atoms with Crippen LogP contribution in [0.1, 0.15) is 20.8 Å². The van der Waals surface area contributed by atoms with Crippen LogP contribution in [-0.4, -0.2) is 24.0 Å². The Bertz CT molecular complexity index is 990. The lowest BCUT2D eigenvalue weighted by atomic mass is 10.2. The molecule has 0 radical (unpaired) electrons. The predicted molar refractivity (Wildman–Crippen MR) is 98.3 cm³/mol. The van der Waals surface area contributed by atoms with Crippen LogP contribution in [0.2, 0.25) is 5.02 Å². The maximum absolute atomic E-state index is 13.9. The van der Waals surface area contributed by atoms with Crippen molar-refractivity contribution in [3.8, 4) is 10.6 Å². The molecule has 0 atom stereocenters. The Morgan fingerprint density at radius 3 is 2.77 bits per heavy atom. The number of amides is 1. The molecule has 1 amide bonds. The predicted octanol–water partition coefficient (Wildman–Crippen LogP) is 4.64. The first-order valence-corrected chi connectivity index (χ1v) is 8.64. The Kier molecular flexibility index (Phi) is 5.29. The molecule has 1 aromatic heterocycles. The quantitative estimate of drug-likeness (QED) is 0.659. The number of carbonyl (C=O) groups excluding carboxylic acids is 2. The van der Waals surface area contributed by atoms with Crippen molar-refractivity contribution in [3.05, 3.63) is 69.9 Å². The summed E-state index contributed by atoms with van der Waals surface area (Å²) in [5.41, 5.74) is 0.908. The number of rotatable bonds is 4. The van der Waals surface area contributed by atoms with Gasteiger partial charge in [-0.25, -0.2) is 14.2 Å². The van der Waals surface area contributed by atoms with Gasteiger partial charge in [-0.15, -0.1) is 11.3 Å². The molecule has 1 N–H and O–H groups in total. The molecule has 5 nitrogen and oxygen atoms in total. The molecule has 3 rings (SSSR count). The average Bonchev–Trinajstić information content (AvgIpc) is 3.13. The van der Waals surface area contributed by atoms with E-state index >= 15 is 0 Å². The Morgan fingerprint density at radius 2 is 2.04 bits per heavy atom. The van der Waals surface area contributed by atoms with E-state index < -0.39 is 17.7 Å². The third-order valence-corrected chi connectivity index (χ3v) is 4.57. The monoisotopic (exact) mass is 390 g/mol. The third-order valence-electron chi connectivity index (χ3n) is 3.44. The SMILES string of the molecule is COC(=O)c1ccc(F)c(NC(=O)c2csc(-c3cccc(Cl)c3)n2)c1. The van der Waals surface area contributed by atoms with Crippen LogP contribution >= 0.6 is 22.9 Å². The standard InChI is InChI=1S/C18H12ClFN2O3S/c1-25-18(24)11-5-6-13(20)14(8-11)21-16(23)15-9-26-17(22-15)10-3-2-4-12(19)7-10/h2-9H,1H3,(H,21,23). The molecule has 0 unspecified atom stereocenters. The van der Waals surface area contributed by atoms with Gasteiger partial charge in [-0.1, -0.05) is 23.7 Å². The summed E-state index contributed by atoms with van der Waals surface area (Å²) in [6, 6.07) is 10.7. The molecule has 0 aliphatic rings. The maximum Gasteiger partial charge on any atom is 0.337 e. The highest BCUT2D eigenvalue weighted by Gasteiger charge is 2.16. The van der Waals surface area contributed by atoms with Gasteiger partial charge in [0.25, 0.3) is 5.91 Å². The molecule has 2 aromatic carbocycles. The molecule has 1 heterocycles. The van der Waals surface area contributed by atoms with Crippen LogP contribution in [0.3, 0.4) is 0 Å². The number of carbonyl (C=O) groups is 2. The van der Waals surface area contributed by atoms with E-state index in [1.54, 1.807) is 23.6 Å². The maximum atomic E-state index is 13.9. The fourth-order valence-electron chi connectivity index (χ4n) is 2.18. The van der Waals surface area contributed by atoms with Gasteiger partial charge in [0.2, 0.25) is 0 Å². The summed E-state index contributed by atoms with van der Waals surface area (Å²) in [5.74, 6) is -1.89. The van der Waals surface area contributed by atoms with Crippen molar-refractivity contribution < 1.29 is 18.7 Å². The molecule has 0 aliphatic carbocycles. The van der Waals surface area contributed by atoms with Gasteiger partial charge in [-0.2, -0.15) is 0 Å². The Morgan fingerprint density at radius 1 is 1.23 bits per heavy atom. The highest BCUT2D eigenvalue weighted by atomic mass is 35.5. The number of ether oxygens (including phenoxy) is 1. The van der Waals surface area contributed by atoms with Gasteiger partial charge in [0.1, 0.15) is 16.5 Å². The first kappa shape index (κ1) is 18.0. The molecular formula is C18H12ClFN2O3S. The summed E-state index contributed by atoms with van der Waals surface area (Å²) < 4.78 is 18.5. The van der Waals surface area contributed by atoms with Crippen molar-refractivity contribution in [1.29, 1.82) is 0 Å². The van der Waals surface area contributed by atoms with Crippen LogP contribution in [0.15, 0.2) is 47.8 Å². The van der Waals surface area contributed by atoms with Gasteiger partial charge in [-0.05, 0) is 30.3 Å². The highest BCUT2D eigenvalue weighted by molar-refractivity contribution is 7.13. The molecule has 0 saturated heterocycles. The molecule has 0 fully saturated rings. The molecule has 132 valence electrons. The number of hydrogen-bond donors (Lipinski definition) is 1. The minimum Gasteiger partial charge on any atom is -0.465 e. The Hall–Kier alpha value is -2.77. The third kappa shape index (κ3) is 3.89. The van der Waals surface area contributed by atoms with Crippen LogP contribution in [0.4, 0.5) is 10.1 Å². The van der Waals surface area contributed by atoms with Crippen molar-refractivity contribution in [1.82, 2.24) is 4.98 Å². The second-order valence-electron chi connectivity index (χ2n) is 5.19. The minimum absolute atomic E-state index is 0.127. The van der Waals surface area contributed by atoms with Gasteiger partial charge in [-0.3, -0.25) is 4.79 Å². The van der Waals surface area contributed by atoms with E-state index in [0.717, 1.165) is 11.6 Å². The Balaban J connectivity index is 1.82. The van der Waals surface area contributed by atoms with Crippen molar-refractivity contribution >= 4 is 40.5 Å². The largest absolute Gasteiger partial charge is 0.465 e. The lowest BCUT2D eigenvalue weighted by Gasteiger charge is -2.07. The van der Waals surface area contributed by atoms with E-state index in [2.05, 4.69) is 15.0 Å². The summed E-state index contributed by atoms with van der Waals surface area (Å²) in [4.78, 5) is 28.1. The van der Waals surface area contributed by atoms with E-state index in [1.165, 1.54) is 30.6 Å². The molecule has 8 heteroatoms. The molecule has 0 spiro atoms. The molecule has 3 aromatic rings. The van der Waals surface area contributed by atoms with E-state index in [4.69, 9.17) is 11.6 Å². The summed E-state index contributed by atoms with van der Waals surface area (Å²) >= 11 is 7.23. The van der Waals surface area contributed by atoms with Gasteiger partial charge >= 0.3 is 5.97 Å². The van der Waals surface area contributed by atoms with E-state index in [1.807, 2.05) is 6.07 Å². The van der Waals surface area contributed by atoms with Crippen LogP contribution in [0.25, 0.3) is 10.6 Å². The summed E-state index contributed by atoms with van der Waals surface area (Å²) in [6.45, 7) is 0. The van der Waals surface area contributed by atoms with E-state index in [9.17, 15) is 14.0 Å². The zero-order valence-electron chi connectivity index (χ0n) is 13.5. The first-order chi connectivity index (χ1) is 12.5. The van der Waals surface area contributed by atoms with Gasteiger partial charge in [0, 0.05) is 16.0 Å². The number of aromatic nitrogens is 1. The number of halogens is 2. The summed E-state index contributed by atoms with van der Waals surface area (Å²) in [7, 11) is 1.22. The lowest BCUT2D eigenvalue weighted by molar-refractivity contribution is 0.0600. The minimum atomic E-state index is -0.670. The van der Waals surface area contributed by atoms with Crippen molar-refractivity contribution in [2.75, 3.05) is 12.4 Å².